The van der Waals surface area contributed by atoms with Gasteiger partial charge in [-0.05, 0) is 77.0 Å². The molecule has 0 aromatic heterocycles. The van der Waals surface area contributed by atoms with Gasteiger partial charge in [-0.3, -0.25) is 9.36 Å². The molecular weight excluding hydrogens is 806 g/mol. The van der Waals surface area contributed by atoms with Crippen LogP contribution < -0.4 is 4.89 Å². The molecule has 0 amide bonds. The van der Waals surface area contributed by atoms with Gasteiger partial charge in [-0.25, -0.2) is 0 Å². The zero-order chi connectivity index (χ0) is 46.2. The summed E-state index contributed by atoms with van der Waals surface area (Å²) < 4.78 is 34.7. The maximum atomic E-state index is 12.7. The average molecular weight is 906 g/mol. The quantitative estimate of drug-likeness (QED) is 0.0197. The van der Waals surface area contributed by atoms with Crippen LogP contribution in [0, 0.1) is 0 Å². The summed E-state index contributed by atoms with van der Waals surface area (Å²) >= 11 is 0. The van der Waals surface area contributed by atoms with E-state index in [2.05, 4.69) is 74.6 Å². The van der Waals surface area contributed by atoms with Gasteiger partial charge in [-0.2, -0.15) is 0 Å². The van der Waals surface area contributed by atoms with Gasteiger partial charge in [0.05, 0.1) is 34.4 Å². The lowest BCUT2D eigenvalue weighted by molar-refractivity contribution is -0.870. The number of hydrogen-bond acceptors (Lipinski definition) is 7. The molecule has 0 rings (SSSR count). The van der Waals surface area contributed by atoms with Gasteiger partial charge in [0.15, 0.2) is 0 Å². The molecule has 0 aromatic carbocycles. The molecule has 0 saturated carbocycles. The summed E-state index contributed by atoms with van der Waals surface area (Å²) in [5.74, 6) is -0.373. The van der Waals surface area contributed by atoms with Crippen molar-refractivity contribution < 1.29 is 37.3 Å². The molecule has 0 spiro atoms. The van der Waals surface area contributed by atoms with Crippen molar-refractivity contribution in [2.24, 2.45) is 0 Å². The number of carbonyl (C=O) groups is 1. The fraction of sp³-hybridized carbons (Fsp3) is 0.796. The third kappa shape index (κ3) is 51.1. The Morgan fingerprint density at radius 1 is 0.508 bits per heavy atom. The van der Waals surface area contributed by atoms with Gasteiger partial charge in [0, 0.05) is 13.0 Å². The average Bonchev–Trinajstić information content (AvgIpc) is 3.24. The monoisotopic (exact) mass is 906 g/mol. The Kier molecular flexibility index (Phi) is 45.4. The van der Waals surface area contributed by atoms with E-state index < -0.39 is 13.9 Å². The number of hydrogen-bond donors (Lipinski definition) is 0. The number of quaternary nitrogens is 1. The molecule has 0 fully saturated rings. The van der Waals surface area contributed by atoms with Gasteiger partial charge in [0.1, 0.15) is 19.3 Å². The lowest BCUT2D eigenvalue weighted by atomic mass is 10.0. The van der Waals surface area contributed by atoms with Crippen molar-refractivity contribution in [3.63, 3.8) is 0 Å². The van der Waals surface area contributed by atoms with Gasteiger partial charge in [0.2, 0.25) is 0 Å². The van der Waals surface area contributed by atoms with Gasteiger partial charge < -0.3 is 27.9 Å². The summed E-state index contributed by atoms with van der Waals surface area (Å²) in [5, 5.41) is 0. The molecule has 2 unspecified atom stereocenters. The SMILES string of the molecule is CC/C=C\C/C=C\C/C=C\C/C=C\CCCCC(=O)OC(COCCCCCCCCCCCCCCCC/C=C\CCCCCCCCCC)COP(=O)([O-])OCC[N+](C)(C)C. The first kappa shape index (κ1) is 61.2. The minimum atomic E-state index is -4.54. The first-order chi connectivity index (χ1) is 30.6. The fourth-order valence-corrected chi connectivity index (χ4v) is 7.79. The van der Waals surface area contributed by atoms with Crippen LogP contribution in [0.25, 0.3) is 0 Å². The zero-order valence-electron chi connectivity index (χ0n) is 41.8. The third-order valence-electron chi connectivity index (χ3n) is 11.1. The molecule has 8 nitrogen and oxygen atoms in total. The van der Waals surface area contributed by atoms with Crippen LogP contribution in [0.2, 0.25) is 0 Å². The Morgan fingerprint density at radius 3 is 1.40 bits per heavy atom. The van der Waals surface area contributed by atoms with Crippen LogP contribution in [0.5, 0.6) is 0 Å². The predicted molar refractivity (Wildman–Crippen MR) is 268 cm³/mol. The number of ether oxygens (including phenoxy) is 2. The summed E-state index contributed by atoms with van der Waals surface area (Å²) in [5.41, 5.74) is 0. The summed E-state index contributed by atoms with van der Waals surface area (Å²) in [6.45, 7) is 5.25. The maximum absolute atomic E-state index is 12.7. The number of esters is 1. The predicted octanol–water partition coefficient (Wildman–Crippen LogP) is 15.4. The highest BCUT2D eigenvalue weighted by atomic mass is 31.2. The van der Waals surface area contributed by atoms with Crippen molar-refractivity contribution in [2.75, 3.05) is 54.1 Å². The number of unbranched alkanes of at least 4 members (excludes halogenated alkanes) is 24. The topological polar surface area (TPSA) is 94.1 Å². The van der Waals surface area contributed by atoms with E-state index in [9.17, 15) is 14.3 Å². The summed E-state index contributed by atoms with van der Waals surface area (Å²) in [7, 11) is 1.33. The number of allylic oxidation sites excluding steroid dienone is 10. The van der Waals surface area contributed by atoms with Crippen LogP contribution in [0.3, 0.4) is 0 Å². The Hall–Kier alpha value is -1.80. The van der Waals surface area contributed by atoms with E-state index in [0.29, 0.717) is 24.1 Å². The normalized spacial score (nSPS) is 14.1. The van der Waals surface area contributed by atoms with Crippen LogP contribution in [-0.4, -0.2) is 70.7 Å². The second kappa shape index (κ2) is 46.7. The van der Waals surface area contributed by atoms with Crippen molar-refractivity contribution in [1.29, 1.82) is 0 Å². The number of likely N-dealkylation sites (N-methyl/N-ethyl adjacent to an activating group) is 1. The maximum Gasteiger partial charge on any atom is 0.306 e. The summed E-state index contributed by atoms with van der Waals surface area (Å²) in [6.07, 6.45) is 59.8. The number of rotatable bonds is 48. The Morgan fingerprint density at radius 2 is 0.921 bits per heavy atom. The van der Waals surface area contributed by atoms with E-state index in [-0.39, 0.29) is 32.2 Å². The van der Waals surface area contributed by atoms with E-state index >= 15 is 0 Å². The summed E-state index contributed by atoms with van der Waals surface area (Å²) in [4.78, 5) is 25.1. The number of phosphoric acid groups is 1. The van der Waals surface area contributed by atoms with Gasteiger partial charge in [-0.1, -0.05) is 197 Å². The molecule has 0 saturated heterocycles. The summed E-state index contributed by atoms with van der Waals surface area (Å²) in [6, 6.07) is 0. The first-order valence-electron chi connectivity index (χ1n) is 26.0. The minimum absolute atomic E-state index is 0.0164. The smallest absolute Gasteiger partial charge is 0.306 e. The molecule has 2 atom stereocenters. The van der Waals surface area contributed by atoms with Crippen molar-refractivity contribution in [2.45, 2.75) is 225 Å². The Bertz CT molecular complexity index is 1190. The molecule has 0 aliphatic rings. The molecule has 0 radical (unpaired) electrons. The van der Waals surface area contributed by atoms with Crippen molar-refractivity contribution in [3.8, 4) is 0 Å². The van der Waals surface area contributed by atoms with E-state index in [1.807, 2.05) is 21.1 Å². The van der Waals surface area contributed by atoms with E-state index in [1.165, 1.54) is 141 Å². The van der Waals surface area contributed by atoms with Gasteiger partial charge in [0.25, 0.3) is 7.82 Å². The van der Waals surface area contributed by atoms with Crippen LogP contribution in [0.15, 0.2) is 60.8 Å². The highest BCUT2D eigenvalue weighted by Gasteiger charge is 2.20. The van der Waals surface area contributed by atoms with E-state index in [1.54, 1.807) is 0 Å². The van der Waals surface area contributed by atoms with Crippen LogP contribution in [-0.2, 0) is 27.9 Å². The highest BCUT2D eigenvalue weighted by molar-refractivity contribution is 7.45. The second-order valence-corrected chi connectivity index (χ2v) is 19.9. The van der Waals surface area contributed by atoms with Crippen molar-refractivity contribution >= 4 is 13.8 Å². The molecule has 0 aliphatic carbocycles. The van der Waals surface area contributed by atoms with Crippen molar-refractivity contribution in [3.05, 3.63) is 60.8 Å². The molecule has 0 heterocycles. The number of nitrogens with zero attached hydrogens (tertiary/aromatic N) is 1. The van der Waals surface area contributed by atoms with Gasteiger partial charge >= 0.3 is 5.97 Å². The molecule has 63 heavy (non-hydrogen) atoms. The lowest BCUT2D eigenvalue weighted by Crippen LogP contribution is -2.37. The van der Waals surface area contributed by atoms with Gasteiger partial charge in [-0.15, -0.1) is 0 Å². The standard InChI is InChI=1S/C54H100NO7P/c1-6-8-10-12-14-16-18-20-22-23-24-25-26-27-28-29-30-31-32-34-36-38-40-42-44-46-49-59-51-53(52-61-63(57,58)60-50-48-55(3,4)5)62-54(56)47-45-43-41-39-37-35-33-21-19-17-15-13-11-9-7-2/h9,11,15,17,21,23-24,33,37,39,53H,6-8,10,12-14,16,18-20,22,25-32,34-36,38,40-52H2,1-5H3/b11-9-,17-15-,24-23-,33-21-,39-37-. The molecule has 0 aliphatic heterocycles. The molecule has 9 heteroatoms. The highest BCUT2D eigenvalue weighted by Crippen LogP contribution is 2.38. The molecule has 0 N–H and O–H groups in total. The number of phosphoric ester groups is 1. The lowest BCUT2D eigenvalue weighted by Gasteiger charge is -2.28. The molecular formula is C54H100NO7P. The molecule has 368 valence electrons. The van der Waals surface area contributed by atoms with Crippen LogP contribution in [0.1, 0.15) is 219 Å². The molecule has 0 bridgehead atoms. The van der Waals surface area contributed by atoms with E-state index in [0.717, 1.165) is 51.4 Å². The Balaban J connectivity index is 4.09. The minimum Gasteiger partial charge on any atom is -0.756 e. The van der Waals surface area contributed by atoms with Crippen LogP contribution >= 0.6 is 7.82 Å². The fourth-order valence-electron chi connectivity index (χ4n) is 7.06. The molecule has 0 aromatic rings. The second-order valence-electron chi connectivity index (χ2n) is 18.5. The van der Waals surface area contributed by atoms with Crippen LogP contribution in [0.4, 0.5) is 0 Å². The van der Waals surface area contributed by atoms with E-state index in [4.69, 9.17) is 18.5 Å². The van der Waals surface area contributed by atoms with Crippen molar-refractivity contribution in [1.82, 2.24) is 0 Å². The Labute approximate surface area is 390 Å². The third-order valence-corrected chi connectivity index (χ3v) is 12.0. The first-order valence-corrected chi connectivity index (χ1v) is 27.5. The largest absolute Gasteiger partial charge is 0.756 e. The number of carbonyl (C=O) groups excluding carboxylic acids is 1. The zero-order valence-corrected chi connectivity index (χ0v) is 42.7.